The van der Waals surface area contributed by atoms with E-state index in [0.717, 1.165) is 33.0 Å². The minimum absolute atomic E-state index is 0.248. The third kappa shape index (κ3) is 5.71. The molecule has 1 aliphatic rings. The van der Waals surface area contributed by atoms with Crippen LogP contribution in [-0.4, -0.2) is 47.4 Å². The van der Waals surface area contributed by atoms with Gasteiger partial charge >= 0.3 is 0 Å². The van der Waals surface area contributed by atoms with Gasteiger partial charge in [0.05, 0.1) is 25.1 Å². The van der Waals surface area contributed by atoms with E-state index in [2.05, 4.69) is 19.2 Å². The molecular weight excluding hydrogens is 444 g/mol. The largest absolute Gasteiger partial charge is 0.496 e. The summed E-state index contributed by atoms with van der Waals surface area (Å²) in [6.07, 6.45) is 1.07. The van der Waals surface area contributed by atoms with Crippen LogP contribution in [0.5, 0.6) is 17.2 Å². The van der Waals surface area contributed by atoms with Gasteiger partial charge < -0.3 is 19.5 Å². The van der Waals surface area contributed by atoms with Gasteiger partial charge in [0.1, 0.15) is 25.5 Å². The summed E-state index contributed by atoms with van der Waals surface area (Å²) in [5, 5.41) is 2.93. The Kier molecular flexibility index (Phi) is 7.41. The van der Waals surface area contributed by atoms with Crippen molar-refractivity contribution in [2.75, 3.05) is 37.4 Å². The number of methoxy groups -OCH3 is 1. The van der Waals surface area contributed by atoms with Gasteiger partial charge in [-0.3, -0.25) is 9.10 Å². The van der Waals surface area contributed by atoms with Gasteiger partial charge in [-0.25, -0.2) is 8.42 Å². The maximum Gasteiger partial charge on any atom is 0.241 e. The van der Waals surface area contributed by atoms with Gasteiger partial charge in [0.25, 0.3) is 0 Å². The number of aryl methyl sites for hydroxylation is 1. The fraction of sp³-hybridized carbons (Fsp3) is 0.458. The smallest absolute Gasteiger partial charge is 0.241 e. The molecular formula is C24H32N2O6S. The normalized spacial score (nSPS) is 14.0. The van der Waals surface area contributed by atoms with Gasteiger partial charge in [0, 0.05) is 6.07 Å². The number of nitrogens with one attached hydrogen (secondary N) is 1. The van der Waals surface area contributed by atoms with Gasteiger partial charge in [-0.15, -0.1) is 0 Å². The standard InChI is InChI=1S/C24H32N2O6S/c1-15(2)19-13-20(16(3)11-22(19)30-5)17(4)25-24(27)14-26(33(6,28)29)18-7-8-21-23(12-18)32-10-9-31-21/h7-8,11-13,15,17H,9-10,14H2,1-6H3,(H,25,27)/t17-/m1/s1. The first-order chi connectivity index (χ1) is 15.5. The second-order valence-corrected chi connectivity index (χ2v) is 10.4. The van der Waals surface area contributed by atoms with Crippen LogP contribution in [0, 0.1) is 6.92 Å². The van der Waals surface area contributed by atoms with Crippen LogP contribution in [0.1, 0.15) is 49.4 Å². The van der Waals surface area contributed by atoms with Gasteiger partial charge in [0.15, 0.2) is 11.5 Å². The Hall–Kier alpha value is -2.94. The molecule has 1 aliphatic heterocycles. The highest BCUT2D eigenvalue weighted by Gasteiger charge is 2.25. The number of sulfonamides is 1. The lowest BCUT2D eigenvalue weighted by molar-refractivity contribution is -0.120. The number of hydrogen-bond acceptors (Lipinski definition) is 6. The zero-order valence-corrected chi connectivity index (χ0v) is 20.8. The predicted octanol–water partition coefficient (Wildman–Crippen LogP) is 3.54. The number of ether oxygens (including phenoxy) is 3. The minimum Gasteiger partial charge on any atom is -0.496 e. The maximum absolute atomic E-state index is 12.9. The molecule has 1 heterocycles. The van der Waals surface area contributed by atoms with Crippen LogP contribution >= 0.6 is 0 Å². The average molecular weight is 477 g/mol. The average Bonchev–Trinajstić information content (AvgIpc) is 2.75. The number of carbonyl (C=O) groups is 1. The first kappa shape index (κ1) is 24.7. The van der Waals surface area contributed by atoms with E-state index in [0.29, 0.717) is 30.4 Å². The van der Waals surface area contributed by atoms with E-state index in [1.807, 2.05) is 26.0 Å². The number of rotatable bonds is 8. The van der Waals surface area contributed by atoms with Crippen molar-refractivity contribution in [3.8, 4) is 17.2 Å². The second-order valence-electron chi connectivity index (χ2n) is 8.49. The van der Waals surface area contributed by atoms with Crippen molar-refractivity contribution in [1.29, 1.82) is 0 Å². The Morgan fingerprint density at radius 2 is 1.76 bits per heavy atom. The molecule has 1 amide bonds. The topological polar surface area (TPSA) is 94.2 Å². The fourth-order valence-electron chi connectivity index (χ4n) is 3.89. The van der Waals surface area contributed by atoms with Crippen molar-refractivity contribution >= 4 is 21.6 Å². The molecule has 0 aliphatic carbocycles. The number of carbonyl (C=O) groups excluding carboxylic acids is 1. The van der Waals surface area contributed by atoms with Crippen LogP contribution < -0.4 is 23.8 Å². The molecule has 0 saturated carbocycles. The SMILES string of the molecule is COc1cc(C)c([C@@H](C)NC(=O)CN(c2ccc3c(c2)OCCO3)S(C)(=O)=O)cc1C(C)C. The van der Waals surface area contributed by atoms with Crippen LogP contribution in [0.15, 0.2) is 30.3 Å². The van der Waals surface area contributed by atoms with Crippen molar-refractivity contribution in [3.63, 3.8) is 0 Å². The van der Waals surface area contributed by atoms with Crippen LogP contribution in [0.2, 0.25) is 0 Å². The monoisotopic (exact) mass is 476 g/mol. The first-order valence-electron chi connectivity index (χ1n) is 10.9. The van der Waals surface area contributed by atoms with Gasteiger partial charge in [-0.1, -0.05) is 13.8 Å². The predicted molar refractivity (Wildman–Crippen MR) is 128 cm³/mol. The lowest BCUT2D eigenvalue weighted by atomic mass is 9.93. The zero-order valence-electron chi connectivity index (χ0n) is 20.0. The molecule has 0 radical (unpaired) electrons. The van der Waals surface area contributed by atoms with E-state index in [-0.39, 0.29) is 18.5 Å². The van der Waals surface area contributed by atoms with Gasteiger partial charge in [-0.05, 0) is 60.7 Å². The molecule has 33 heavy (non-hydrogen) atoms. The van der Waals surface area contributed by atoms with Gasteiger partial charge in [-0.2, -0.15) is 0 Å². The van der Waals surface area contributed by atoms with Crippen LogP contribution in [0.4, 0.5) is 5.69 Å². The zero-order chi connectivity index (χ0) is 24.3. The molecule has 1 N–H and O–H groups in total. The summed E-state index contributed by atoms with van der Waals surface area (Å²) in [6, 6.07) is 8.52. The number of hydrogen-bond donors (Lipinski definition) is 1. The van der Waals surface area contributed by atoms with Crippen LogP contribution in [-0.2, 0) is 14.8 Å². The summed E-state index contributed by atoms with van der Waals surface area (Å²) in [7, 11) is -2.07. The summed E-state index contributed by atoms with van der Waals surface area (Å²) in [4.78, 5) is 12.9. The maximum atomic E-state index is 12.9. The third-order valence-corrected chi connectivity index (χ3v) is 6.73. The van der Waals surface area contributed by atoms with Crippen molar-refractivity contribution in [2.24, 2.45) is 0 Å². The fourth-order valence-corrected chi connectivity index (χ4v) is 4.74. The van der Waals surface area contributed by atoms with E-state index < -0.39 is 15.9 Å². The van der Waals surface area contributed by atoms with E-state index >= 15 is 0 Å². The van der Waals surface area contributed by atoms with E-state index in [9.17, 15) is 13.2 Å². The first-order valence-corrected chi connectivity index (χ1v) is 12.7. The van der Waals surface area contributed by atoms with Crippen molar-refractivity contribution in [1.82, 2.24) is 5.32 Å². The Morgan fingerprint density at radius 3 is 2.36 bits per heavy atom. The molecule has 180 valence electrons. The van der Waals surface area contributed by atoms with Crippen LogP contribution in [0.3, 0.4) is 0 Å². The summed E-state index contributed by atoms with van der Waals surface area (Å²) in [5.41, 5.74) is 3.33. The van der Waals surface area contributed by atoms with Crippen LogP contribution in [0.25, 0.3) is 0 Å². The van der Waals surface area contributed by atoms with E-state index in [1.165, 1.54) is 0 Å². The Labute approximate surface area is 195 Å². The summed E-state index contributed by atoms with van der Waals surface area (Å²) in [6.45, 7) is 8.47. The minimum atomic E-state index is -3.72. The number of fused-ring (bicyclic) bond motifs is 1. The van der Waals surface area contributed by atoms with Crippen molar-refractivity contribution in [3.05, 3.63) is 47.0 Å². The quantitative estimate of drug-likeness (QED) is 0.626. The molecule has 3 rings (SSSR count). The molecule has 0 unspecified atom stereocenters. The lowest BCUT2D eigenvalue weighted by Crippen LogP contribution is -2.41. The molecule has 2 aromatic rings. The van der Waals surface area contributed by atoms with Crippen molar-refractivity contribution < 1.29 is 27.4 Å². The third-order valence-electron chi connectivity index (χ3n) is 5.59. The summed E-state index contributed by atoms with van der Waals surface area (Å²) < 4.78 is 42.6. The highest BCUT2D eigenvalue weighted by Crippen LogP contribution is 2.35. The molecule has 0 spiro atoms. The molecule has 0 saturated heterocycles. The molecule has 0 fully saturated rings. The molecule has 0 bridgehead atoms. The second kappa shape index (κ2) is 9.91. The van der Waals surface area contributed by atoms with Crippen molar-refractivity contribution in [2.45, 2.75) is 39.7 Å². The number of benzene rings is 2. The lowest BCUT2D eigenvalue weighted by Gasteiger charge is -2.26. The number of anilines is 1. The molecule has 9 heteroatoms. The highest BCUT2D eigenvalue weighted by atomic mass is 32.2. The Balaban J connectivity index is 1.81. The number of nitrogens with zero attached hydrogens (tertiary/aromatic N) is 1. The number of amides is 1. The Morgan fingerprint density at radius 1 is 1.09 bits per heavy atom. The van der Waals surface area contributed by atoms with Gasteiger partial charge in [0.2, 0.25) is 15.9 Å². The van der Waals surface area contributed by atoms with E-state index in [1.54, 1.807) is 25.3 Å². The summed E-state index contributed by atoms with van der Waals surface area (Å²) >= 11 is 0. The molecule has 1 atom stereocenters. The molecule has 8 nitrogen and oxygen atoms in total. The Bertz CT molecular complexity index is 1130. The van der Waals surface area contributed by atoms with E-state index in [4.69, 9.17) is 14.2 Å². The molecule has 0 aromatic heterocycles. The summed E-state index contributed by atoms with van der Waals surface area (Å²) in [5.74, 6) is 1.65. The highest BCUT2D eigenvalue weighted by molar-refractivity contribution is 7.92. The molecule has 2 aromatic carbocycles.